The standard InChI is InChI=1S/C23H26N4OS/c1-16-21-19(27(25-16)18-7-3-2-4-8-18)10-9-17-15-20(29-22(17)21)23(28)24-11-14-26-12-5-6-13-26/h2-4,7-8,15H,5-6,9-14H2,1H3,(H,24,28). The van der Waals surface area contributed by atoms with Gasteiger partial charge in [0, 0.05) is 23.5 Å². The topological polar surface area (TPSA) is 50.2 Å². The Morgan fingerprint density at radius 1 is 1.17 bits per heavy atom. The molecule has 1 aromatic carbocycles. The third-order valence-corrected chi connectivity index (χ3v) is 7.15. The van der Waals surface area contributed by atoms with Crippen LogP contribution in [0.1, 0.15) is 39.5 Å². The number of aryl methyl sites for hydroxylation is 2. The van der Waals surface area contributed by atoms with Crippen molar-refractivity contribution < 1.29 is 4.79 Å². The van der Waals surface area contributed by atoms with Gasteiger partial charge < -0.3 is 10.2 Å². The number of aromatic nitrogens is 2. The van der Waals surface area contributed by atoms with Crippen LogP contribution in [0.25, 0.3) is 16.1 Å². The molecule has 0 unspecified atom stereocenters. The molecule has 1 aliphatic carbocycles. The summed E-state index contributed by atoms with van der Waals surface area (Å²) in [5, 5.41) is 7.94. The van der Waals surface area contributed by atoms with Crippen LogP contribution in [-0.4, -0.2) is 46.8 Å². The first-order valence-corrected chi connectivity index (χ1v) is 11.3. The molecule has 5 rings (SSSR count). The van der Waals surface area contributed by atoms with Gasteiger partial charge in [0.15, 0.2) is 0 Å². The van der Waals surface area contributed by atoms with E-state index in [1.807, 2.05) is 18.2 Å². The highest BCUT2D eigenvalue weighted by Gasteiger charge is 2.27. The summed E-state index contributed by atoms with van der Waals surface area (Å²) in [6.07, 6.45) is 4.47. The average molecular weight is 407 g/mol. The minimum atomic E-state index is 0.0539. The molecule has 150 valence electrons. The molecule has 1 amide bonds. The second-order valence-electron chi connectivity index (χ2n) is 7.92. The summed E-state index contributed by atoms with van der Waals surface area (Å²) in [5.41, 5.74) is 5.88. The lowest BCUT2D eigenvalue weighted by atomic mass is 9.95. The Morgan fingerprint density at radius 3 is 2.76 bits per heavy atom. The number of nitrogens with one attached hydrogen (secondary N) is 1. The molecule has 0 atom stereocenters. The van der Waals surface area contributed by atoms with Crippen LogP contribution in [0.2, 0.25) is 0 Å². The lowest BCUT2D eigenvalue weighted by molar-refractivity contribution is 0.0953. The Kier molecular flexibility index (Phi) is 4.97. The highest BCUT2D eigenvalue weighted by molar-refractivity contribution is 7.17. The van der Waals surface area contributed by atoms with Gasteiger partial charge in [0.05, 0.1) is 22.0 Å². The highest BCUT2D eigenvalue weighted by atomic mass is 32.1. The molecule has 2 aliphatic rings. The SMILES string of the molecule is Cc1nn(-c2ccccc2)c2c1-c1sc(C(=O)NCCN3CCCC3)cc1CC2. The van der Waals surface area contributed by atoms with Crippen LogP contribution in [0.3, 0.4) is 0 Å². The van der Waals surface area contributed by atoms with Crippen molar-refractivity contribution in [3.8, 4) is 16.1 Å². The van der Waals surface area contributed by atoms with Crippen molar-refractivity contribution in [3.05, 3.63) is 58.2 Å². The summed E-state index contributed by atoms with van der Waals surface area (Å²) >= 11 is 1.61. The molecule has 0 saturated carbocycles. The third kappa shape index (κ3) is 3.51. The smallest absolute Gasteiger partial charge is 0.261 e. The normalized spacial score (nSPS) is 15.9. The van der Waals surface area contributed by atoms with Crippen molar-refractivity contribution in [1.82, 2.24) is 20.0 Å². The van der Waals surface area contributed by atoms with Crippen molar-refractivity contribution in [1.29, 1.82) is 0 Å². The maximum absolute atomic E-state index is 12.7. The van der Waals surface area contributed by atoms with E-state index in [0.29, 0.717) is 0 Å². The average Bonchev–Trinajstić information content (AvgIpc) is 3.47. The number of carbonyl (C=O) groups excluding carboxylic acids is 1. The van der Waals surface area contributed by atoms with E-state index in [-0.39, 0.29) is 5.91 Å². The van der Waals surface area contributed by atoms with Gasteiger partial charge in [-0.3, -0.25) is 4.79 Å². The molecular formula is C23H26N4OS. The minimum absolute atomic E-state index is 0.0539. The number of para-hydroxylation sites is 1. The number of likely N-dealkylation sites (tertiary alicyclic amines) is 1. The summed E-state index contributed by atoms with van der Waals surface area (Å²) < 4.78 is 2.07. The number of nitrogens with zero attached hydrogens (tertiary/aromatic N) is 3. The van der Waals surface area contributed by atoms with Crippen molar-refractivity contribution in [3.63, 3.8) is 0 Å². The molecule has 0 spiro atoms. The lowest BCUT2D eigenvalue weighted by Gasteiger charge is -2.14. The minimum Gasteiger partial charge on any atom is -0.350 e. The number of hydrogen-bond donors (Lipinski definition) is 1. The Bertz CT molecular complexity index is 1030. The molecule has 0 radical (unpaired) electrons. The van der Waals surface area contributed by atoms with Gasteiger partial charge in [-0.05, 0) is 69.5 Å². The van der Waals surface area contributed by atoms with Crippen molar-refractivity contribution in [2.45, 2.75) is 32.6 Å². The van der Waals surface area contributed by atoms with Gasteiger partial charge in [-0.25, -0.2) is 4.68 Å². The van der Waals surface area contributed by atoms with Crippen LogP contribution in [0.4, 0.5) is 0 Å². The van der Waals surface area contributed by atoms with Crippen LogP contribution in [0, 0.1) is 6.92 Å². The molecule has 2 aromatic heterocycles. The van der Waals surface area contributed by atoms with Crippen LogP contribution in [0.5, 0.6) is 0 Å². The third-order valence-electron chi connectivity index (χ3n) is 5.96. The van der Waals surface area contributed by atoms with Gasteiger partial charge in [-0.15, -0.1) is 11.3 Å². The second kappa shape index (κ2) is 7.76. The molecule has 5 nitrogen and oxygen atoms in total. The molecule has 29 heavy (non-hydrogen) atoms. The molecule has 1 N–H and O–H groups in total. The summed E-state index contributed by atoms with van der Waals surface area (Å²) in [6, 6.07) is 12.4. The first-order chi connectivity index (χ1) is 14.2. The van der Waals surface area contributed by atoms with E-state index < -0.39 is 0 Å². The van der Waals surface area contributed by atoms with E-state index in [1.54, 1.807) is 11.3 Å². The van der Waals surface area contributed by atoms with Gasteiger partial charge in [-0.2, -0.15) is 5.10 Å². The summed E-state index contributed by atoms with van der Waals surface area (Å²) in [5.74, 6) is 0.0539. The number of amides is 1. The zero-order valence-corrected chi connectivity index (χ0v) is 17.6. The fourth-order valence-electron chi connectivity index (χ4n) is 4.50. The first kappa shape index (κ1) is 18.6. The zero-order valence-electron chi connectivity index (χ0n) is 16.8. The molecule has 3 heterocycles. The summed E-state index contributed by atoms with van der Waals surface area (Å²) in [7, 11) is 0. The molecular weight excluding hydrogens is 380 g/mol. The van der Waals surface area contributed by atoms with E-state index in [1.165, 1.54) is 34.5 Å². The highest BCUT2D eigenvalue weighted by Crippen LogP contribution is 2.42. The monoisotopic (exact) mass is 406 g/mol. The second-order valence-corrected chi connectivity index (χ2v) is 8.98. The van der Waals surface area contributed by atoms with E-state index in [2.05, 4.69) is 40.0 Å². The van der Waals surface area contributed by atoms with E-state index in [9.17, 15) is 4.79 Å². The molecule has 1 saturated heterocycles. The van der Waals surface area contributed by atoms with Crippen LogP contribution in [0.15, 0.2) is 36.4 Å². The van der Waals surface area contributed by atoms with Crippen molar-refractivity contribution >= 4 is 17.2 Å². The molecule has 0 bridgehead atoms. The number of hydrogen-bond acceptors (Lipinski definition) is 4. The van der Waals surface area contributed by atoms with E-state index in [0.717, 1.165) is 55.3 Å². The largest absolute Gasteiger partial charge is 0.350 e. The number of carbonyl (C=O) groups is 1. The molecule has 3 aromatic rings. The summed E-state index contributed by atoms with van der Waals surface area (Å²) in [4.78, 5) is 17.2. The fraction of sp³-hybridized carbons (Fsp3) is 0.391. The maximum atomic E-state index is 12.7. The number of thiophene rings is 1. The fourth-order valence-corrected chi connectivity index (χ4v) is 5.74. The predicted molar refractivity (Wildman–Crippen MR) is 117 cm³/mol. The van der Waals surface area contributed by atoms with Gasteiger partial charge >= 0.3 is 0 Å². The molecule has 1 fully saturated rings. The Labute approximate surface area is 175 Å². The van der Waals surface area contributed by atoms with Gasteiger partial charge in [0.1, 0.15) is 0 Å². The van der Waals surface area contributed by atoms with Crippen molar-refractivity contribution in [2.75, 3.05) is 26.2 Å². The van der Waals surface area contributed by atoms with Crippen LogP contribution < -0.4 is 5.32 Å². The maximum Gasteiger partial charge on any atom is 0.261 e. The Hall–Kier alpha value is -2.44. The van der Waals surface area contributed by atoms with E-state index in [4.69, 9.17) is 5.10 Å². The van der Waals surface area contributed by atoms with Gasteiger partial charge in [0.25, 0.3) is 5.91 Å². The number of fused-ring (bicyclic) bond motifs is 3. The first-order valence-electron chi connectivity index (χ1n) is 10.5. The molecule has 1 aliphatic heterocycles. The predicted octanol–water partition coefficient (Wildman–Crippen LogP) is 3.83. The van der Waals surface area contributed by atoms with Crippen LogP contribution in [-0.2, 0) is 12.8 Å². The van der Waals surface area contributed by atoms with Crippen molar-refractivity contribution in [2.24, 2.45) is 0 Å². The zero-order chi connectivity index (χ0) is 19.8. The Balaban J connectivity index is 1.37. The van der Waals surface area contributed by atoms with Gasteiger partial charge in [-0.1, -0.05) is 18.2 Å². The van der Waals surface area contributed by atoms with E-state index >= 15 is 0 Å². The van der Waals surface area contributed by atoms with Crippen LogP contribution >= 0.6 is 11.3 Å². The molecule has 6 heteroatoms. The lowest BCUT2D eigenvalue weighted by Crippen LogP contribution is -2.33. The van der Waals surface area contributed by atoms with Gasteiger partial charge in [0.2, 0.25) is 0 Å². The summed E-state index contributed by atoms with van der Waals surface area (Å²) in [6.45, 7) is 6.07. The number of rotatable bonds is 5. The number of benzene rings is 1. The quantitative estimate of drug-likeness (QED) is 0.701. The Morgan fingerprint density at radius 2 is 1.97 bits per heavy atom.